The molecule has 0 aliphatic rings. The number of nitrogens with zero attached hydrogens (tertiary/aromatic N) is 1. The van der Waals surface area contributed by atoms with Gasteiger partial charge in [-0.05, 0) is 19.1 Å². The predicted octanol–water partition coefficient (Wildman–Crippen LogP) is 2.04. The van der Waals surface area contributed by atoms with Gasteiger partial charge in [0.15, 0.2) is 17.5 Å². The van der Waals surface area contributed by atoms with Crippen molar-refractivity contribution in [2.24, 2.45) is 4.99 Å². The summed E-state index contributed by atoms with van der Waals surface area (Å²) in [5.74, 6) is 0.524. The van der Waals surface area contributed by atoms with Gasteiger partial charge in [-0.15, -0.1) is 24.0 Å². The van der Waals surface area contributed by atoms with Crippen LogP contribution in [-0.4, -0.2) is 59.1 Å². The first-order chi connectivity index (χ1) is 11.2. The van der Waals surface area contributed by atoms with E-state index in [4.69, 9.17) is 14.2 Å². The van der Waals surface area contributed by atoms with Crippen LogP contribution in [-0.2, 0) is 9.47 Å². The molecule has 0 aliphatic heterocycles. The van der Waals surface area contributed by atoms with Crippen LogP contribution < -0.4 is 15.4 Å². The minimum Gasteiger partial charge on any atom is -0.486 e. The summed E-state index contributed by atoms with van der Waals surface area (Å²) >= 11 is 0. The van der Waals surface area contributed by atoms with Crippen LogP contribution in [0.2, 0.25) is 0 Å². The molecule has 0 saturated carbocycles. The minimum absolute atomic E-state index is 0. The maximum atomic E-state index is 13.5. The number of aliphatic imine (C=N–C) groups is 1. The molecule has 0 spiro atoms. The molecular formula is C16H27FIN3O3. The molecule has 0 fully saturated rings. The van der Waals surface area contributed by atoms with Gasteiger partial charge in [-0.1, -0.05) is 12.1 Å². The average Bonchev–Trinajstić information content (AvgIpc) is 2.55. The Hall–Kier alpha value is -1.13. The van der Waals surface area contributed by atoms with Gasteiger partial charge in [0.2, 0.25) is 0 Å². The van der Waals surface area contributed by atoms with Crippen molar-refractivity contribution in [1.29, 1.82) is 0 Å². The smallest absolute Gasteiger partial charge is 0.191 e. The van der Waals surface area contributed by atoms with Crippen molar-refractivity contribution in [3.8, 4) is 5.75 Å². The van der Waals surface area contributed by atoms with Gasteiger partial charge in [0, 0.05) is 20.7 Å². The van der Waals surface area contributed by atoms with E-state index < -0.39 is 0 Å². The van der Waals surface area contributed by atoms with E-state index in [-0.39, 0.29) is 41.6 Å². The molecule has 138 valence electrons. The third-order valence-corrected chi connectivity index (χ3v) is 2.92. The molecule has 1 aromatic rings. The summed E-state index contributed by atoms with van der Waals surface area (Å²) in [6, 6.07) is 6.35. The third-order valence-electron chi connectivity index (χ3n) is 2.92. The van der Waals surface area contributed by atoms with Crippen molar-refractivity contribution < 1.29 is 18.6 Å². The van der Waals surface area contributed by atoms with Gasteiger partial charge in [-0.2, -0.15) is 0 Å². The number of hydrogen-bond donors (Lipinski definition) is 2. The van der Waals surface area contributed by atoms with Gasteiger partial charge in [-0.25, -0.2) is 4.39 Å². The summed E-state index contributed by atoms with van der Waals surface area (Å²) < 4.78 is 29.3. The van der Waals surface area contributed by atoms with Crippen molar-refractivity contribution in [2.45, 2.75) is 13.0 Å². The largest absolute Gasteiger partial charge is 0.486 e. The van der Waals surface area contributed by atoms with Crippen molar-refractivity contribution in [3.63, 3.8) is 0 Å². The Kier molecular flexibility index (Phi) is 13.6. The molecule has 0 aromatic heterocycles. The van der Waals surface area contributed by atoms with Crippen LogP contribution in [0.1, 0.15) is 6.92 Å². The molecule has 8 heteroatoms. The Morgan fingerprint density at radius 1 is 1.21 bits per heavy atom. The van der Waals surface area contributed by atoms with Crippen molar-refractivity contribution >= 4 is 29.9 Å². The number of guanidine groups is 1. The first-order valence-electron chi connectivity index (χ1n) is 7.59. The Bertz CT molecular complexity index is 478. The summed E-state index contributed by atoms with van der Waals surface area (Å²) in [6.45, 7) is 4.70. The topological polar surface area (TPSA) is 64.1 Å². The van der Waals surface area contributed by atoms with Gasteiger partial charge >= 0.3 is 0 Å². The quantitative estimate of drug-likeness (QED) is 0.245. The molecule has 24 heavy (non-hydrogen) atoms. The number of ether oxygens (including phenoxy) is 3. The van der Waals surface area contributed by atoms with Crippen LogP contribution >= 0.6 is 24.0 Å². The van der Waals surface area contributed by atoms with Crippen molar-refractivity contribution in [1.82, 2.24) is 10.6 Å². The normalized spacial score (nSPS) is 12.2. The summed E-state index contributed by atoms with van der Waals surface area (Å²) in [6.07, 6.45) is -0.205. The first kappa shape index (κ1) is 22.9. The number of hydrogen-bond acceptors (Lipinski definition) is 4. The van der Waals surface area contributed by atoms with Crippen LogP contribution in [0.15, 0.2) is 29.3 Å². The maximum Gasteiger partial charge on any atom is 0.191 e. The molecular weight excluding hydrogens is 428 g/mol. The summed E-state index contributed by atoms with van der Waals surface area (Å²) in [7, 11) is 3.32. The molecule has 0 bridgehead atoms. The molecule has 0 heterocycles. The molecule has 1 unspecified atom stereocenters. The highest BCUT2D eigenvalue weighted by atomic mass is 127. The zero-order valence-corrected chi connectivity index (χ0v) is 16.7. The predicted molar refractivity (Wildman–Crippen MR) is 104 cm³/mol. The van der Waals surface area contributed by atoms with Gasteiger partial charge in [0.05, 0.1) is 26.4 Å². The monoisotopic (exact) mass is 455 g/mol. The van der Waals surface area contributed by atoms with E-state index >= 15 is 0 Å². The molecule has 6 nitrogen and oxygen atoms in total. The fourth-order valence-electron chi connectivity index (χ4n) is 1.75. The molecule has 0 aliphatic carbocycles. The maximum absolute atomic E-state index is 13.5. The average molecular weight is 455 g/mol. The first-order valence-corrected chi connectivity index (χ1v) is 7.59. The lowest BCUT2D eigenvalue weighted by atomic mass is 10.3. The number of halogens is 2. The second-order valence-corrected chi connectivity index (χ2v) is 4.84. The van der Waals surface area contributed by atoms with Crippen LogP contribution in [0.4, 0.5) is 4.39 Å². The second-order valence-electron chi connectivity index (χ2n) is 4.84. The molecule has 2 N–H and O–H groups in total. The highest BCUT2D eigenvalue weighted by molar-refractivity contribution is 14.0. The van der Waals surface area contributed by atoms with Crippen molar-refractivity contribution in [3.05, 3.63) is 30.1 Å². The molecule has 0 radical (unpaired) electrons. The summed E-state index contributed by atoms with van der Waals surface area (Å²) in [4.78, 5) is 4.10. The van der Waals surface area contributed by atoms with Crippen LogP contribution in [0, 0.1) is 5.82 Å². The van der Waals surface area contributed by atoms with Gasteiger partial charge in [0.1, 0.15) is 6.10 Å². The van der Waals surface area contributed by atoms with Gasteiger partial charge in [0.25, 0.3) is 0 Å². The van der Waals surface area contributed by atoms with E-state index in [1.165, 1.54) is 6.07 Å². The van der Waals surface area contributed by atoms with E-state index in [0.29, 0.717) is 38.9 Å². The molecule has 0 amide bonds. The Morgan fingerprint density at radius 2 is 1.96 bits per heavy atom. The summed E-state index contributed by atoms with van der Waals surface area (Å²) in [5.41, 5.74) is 0. The Labute approximate surface area is 160 Å². The van der Waals surface area contributed by atoms with E-state index in [9.17, 15) is 4.39 Å². The lowest BCUT2D eigenvalue weighted by molar-refractivity contribution is 0.0733. The zero-order valence-electron chi connectivity index (χ0n) is 14.4. The fourth-order valence-corrected chi connectivity index (χ4v) is 1.75. The molecule has 1 atom stereocenters. The lowest BCUT2D eigenvalue weighted by Gasteiger charge is -2.18. The van der Waals surface area contributed by atoms with Crippen LogP contribution in [0.3, 0.4) is 0 Å². The number of nitrogens with one attached hydrogen (secondary N) is 2. The molecule has 1 aromatic carbocycles. The SMILES string of the molecule is CN=C(NCCOCCOC)NCC(C)Oc1ccccc1F.I. The number of methoxy groups -OCH3 is 1. The van der Waals surface area contributed by atoms with Gasteiger partial charge < -0.3 is 24.8 Å². The highest BCUT2D eigenvalue weighted by Gasteiger charge is 2.08. The minimum atomic E-state index is -0.366. The standard InChI is InChI=1S/C16H26FN3O3.HI/c1-13(23-15-7-5-4-6-14(15)17)12-20-16(18-2)19-8-9-22-11-10-21-3;/h4-7,13H,8-12H2,1-3H3,(H2,18,19,20);1H. The van der Waals surface area contributed by atoms with Crippen LogP contribution in [0.25, 0.3) is 0 Å². The van der Waals surface area contributed by atoms with E-state index in [1.54, 1.807) is 32.4 Å². The lowest BCUT2D eigenvalue weighted by Crippen LogP contribution is -2.42. The highest BCUT2D eigenvalue weighted by Crippen LogP contribution is 2.16. The van der Waals surface area contributed by atoms with E-state index in [2.05, 4.69) is 15.6 Å². The van der Waals surface area contributed by atoms with Crippen molar-refractivity contribution in [2.75, 3.05) is 47.1 Å². The second kappa shape index (κ2) is 14.2. The molecule has 1 rings (SSSR count). The Balaban J connectivity index is 0.00000529. The Morgan fingerprint density at radius 3 is 2.62 bits per heavy atom. The molecule has 0 saturated heterocycles. The number of benzene rings is 1. The summed E-state index contributed by atoms with van der Waals surface area (Å²) in [5, 5.41) is 6.24. The van der Waals surface area contributed by atoms with E-state index in [0.717, 1.165) is 0 Å². The fraction of sp³-hybridized carbons (Fsp3) is 0.562. The third kappa shape index (κ3) is 9.89. The van der Waals surface area contributed by atoms with Crippen LogP contribution in [0.5, 0.6) is 5.75 Å². The van der Waals surface area contributed by atoms with Gasteiger partial charge in [-0.3, -0.25) is 4.99 Å². The number of para-hydroxylation sites is 1. The number of rotatable bonds is 10. The van der Waals surface area contributed by atoms with E-state index in [1.807, 2.05) is 6.92 Å². The zero-order chi connectivity index (χ0) is 16.9.